The molecule has 0 radical (unpaired) electrons. The number of hydrogen-bond donors (Lipinski definition) is 0. The van der Waals surface area contributed by atoms with Crippen molar-refractivity contribution in [3.05, 3.63) is 24.3 Å². The van der Waals surface area contributed by atoms with Gasteiger partial charge in [0.15, 0.2) is 0 Å². The van der Waals surface area contributed by atoms with Gasteiger partial charge in [-0.3, -0.25) is 5.03 Å². The second-order valence-electron chi connectivity index (χ2n) is 2.71. The summed E-state index contributed by atoms with van der Waals surface area (Å²) in [4.78, 5) is 2.05. The Morgan fingerprint density at radius 3 is 2.17 bits per heavy atom. The minimum absolute atomic E-state index is 0.892. The van der Waals surface area contributed by atoms with E-state index in [0.29, 0.717) is 0 Å². The molecular formula is C8H12BN3. The average molecular weight is 161 g/mol. The Hall–Kier alpha value is -1.32. The summed E-state index contributed by atoms with van der Waals surface area (Å²) >= 11 is 0. The maximum Gasteiger partial charge on any atom is 0.273 e. The van der Waals surface area contributed by atoms with Gasteiger partial charge in [-0.05, 0) is 24.3 Å². The molecule has 1 rings (SSSR count). The van der Waals surface area contributed by atoms with Crippen molar-refractivity contribution in [2.75, 3.05) is 19.0 Å². The van der Waals surface area contributed by atoms with Crippen LogP contribution in [0.1, 0.15) is 0 Å². The van der Waals surface area contributed by atoms with E-state index in [1.807, 2.05) is 43.3 Å². The van der Waals surface area contributed by atoms with Crippen molar-refractivity contribution < 1.29 is 0 Å². The molecule has 0 bridgehead atoms. The van der Waals surface area contributed by atoms with Gasteiger partial charge in [0.1, 0.15) is 0 Å². The van der Waals surface area contributed by atoms with Crippen LogP contribution in [0.2, 0.25) is 0 Å². The first-order chi connectivity index (χ1) is 5.74. The molecule has 0 aromatic heterocycles. The topological polar surface area (TPSA) is 28.0 Å². The second kappa shape index (κ2) is 3.90. The zero-order valence-corrected chi connectivity index (χ0v) is 7.65. The maximum atomic E-state index is 3.91. The van der Waals surface area contributed by atoms with Crippen molar-refractivity contribution in [1.29, 1.82) is 0 Å². The van der Waals surface area contributed by atoms with Gasteiger partial charge in [-0.15, -0.1) is 0 Å². The van der Waals surface area contributed by atoms with E-state index in [0.717, 1.165) is 5.69 Å². The summed E-state index contributed by atoms with van der Waals surface area (Å²) in [6, 6.07) is 7.93. The van der Waals surface area contributed by atoms with Crippen LogP contribution < -0.4 is 4.90 Å². The normalized spacial score (nSPS) is 10.5. The molecule has 0 amide bonds. The highest BCUT2D eigenvalue weighted by Gasteiger charge is 1.93. The predicted octanol–water partition coefficient (Wildman–Crippen LogP) is 1.38. The molecule has 0 saturated heterocycles. The lowest BCUT2D eigenvalue weighted by molar-refractivity contribution is 1.13. The van der Waals surface area contributed by atoms with Crippen LogP contribution in [0.15, 0.2) is 34.4 Å². The summed E-state index contributed by atoms with van der Waals surface area (Å²) in [5, 5.41) is 7.61. The molecule has 0 heterocycles. The third kappa shape index (κ3) is 2.08. The van der Waals surface area contributed by atoms with Crippen LogP contribution in [-0.4, -0.2) is 22.1 Å². The summed E-state index contributed by atoms with van der Waals surface area (Å²) in [7, 11) is 5.69. The number of anilines is 1. The molecule has 0 spiro atoms. The van der Waals surface area contributed by atoms with Gasteiger partial charge in [-0.25, -0.2) is 0 Å². The molecule has 0 fully saturated rings. The van der Waals surface area contributed by atoms with Crippen LogP contribution in [0.3, 0.4) is 0 Å². The van der Waals surface area contributed by atoms with Crippen molar-refractivity contribution in [2.45, 2.75) is 0 Å². The maximum absolute atomic E-state index is 3.91. The summed E-state index contributed by atoms with van der Waals surface area (Å²) in [5.74, 6) is 0. The highest BCUT2D eigenvalue weighted by atomic mass is 15.1. The van der Waals surface area contributed by atoms with Crippen molar-refractivity contribution in [3.8, 4) is 0 Å². The van der Waals surface area contributed by atoms with E-state index >= 15 is 0 Å². The van der Waals surface area contributed by atoms with Crippen LogP contribution in [0.5, 0.6) is 0 Å². The van der Waals surface area contributed by atoms with Crippen LogP contribution in [-0.2, 0) is 0 Å². The smallest absolute Gasteiger partial charge is 0.273 e. The van der Waals surface area contributed by atoms with E-state index < -0.39 is 0 Å². The van der Waals surface area contributed by atoms with Crippen LogP contribution in [0.4, 0.5) is 11.4 Å². The molecule has 0 aliphatic carbocycles. The zero-order chi connectivity index (χ0) is 8.97. The van der Waals surface area contributed by atoms with Gasteiger partial charge in [0.2, 0.25) is 0 Å². The number of rotatable bonds is 2. The third-order valence-corrected chi connectivity index (χ3v) is 1.58. The highest BCUT2D eigenvalue weighted by molar-refractivity contribution is 6.04. The fraction of sp³-hybridized carbons (Fsp3) is 0.250. The minimum Gasteiger partial charge on any atom is -0.378 e. The Morgan fingerprint density at radius 2 is 1.75 bits per heavy atom. The van der Waals surface area contributed by atoms with E-state index in [9.17, 15) is 0 Å². The van der Waals surface area contributed by atoms with Crippen molar-refractivity contribution >= 4 is 19.4 Å². The number of hydrogen-bond acceptors (Lipinski definition) is 3. The number of benzene rings is 1. The monoisotopic (exact) mass is 161 g/mol. The SMILES string of the molecule is BN=Nc1ccc(N(C)C)cc1. The van der Waals surface area contributed by atoms with Crippen molar-refractivity contribution in [3.63, 3.8) is 0 Å². The van der Waals surface area contributed by atoms with Crippen molar-refractivity contribution in [2.24, 2.45) is 10.1 Å². The fourth-order valence-corrected chi connectivity index (χ4v) is 0.933. The Labute approximate surface area is 73.5 Å². The summed E-state index contributed by atoms with van der Waals surface area (Å²) in [6.45, 7) is 0. The van der Waals surface area contributed by atoms with E-state index in [-0.39, 0.29) is 0 Å². The first-order valence-corrected chi connectivity index (χ1v) is 3.81. The lowest BCUT2D eigenvalue weighted by Gasteiger charge is -2.11. The van der Waals surface area contributed by atoms with Crippen LogP contribution in [0.25, 0.3) is 0 Å². The molecule has 0 aliphatic rings. The Morgan fingerprint density at radius 1 is 1.17 bits per heavy atom. The van der Waals surface area contributed by atoms with Gasteiger partial charge < -0.3 is 4.90 Å². The van der Waals surface area contributed by atoms with E-state index in [1.54, 1.807) is 7.98 Å². The lowest BCUT2D eigenvalue weighted by Crippen LogP contribution is -2.07. The minimum atomic E-state index is 0.892. The van der Waals surface area contributed by atoms with Crippen LogP contribution >= 0.6 is 0 Å². The first-order valence-electron chi connectivity index (χ1n) is 3.81. The standard InChI is InChI=1S/C8H12BN3/c1-12(2)8-5-3-7(4-6-8)10-11-9/h3-6H,9H2,1-2H3. The Bertz CT molecular complexity index is 266. The lowest BCUT2D eigenvalue weighted by atomic mass is 10.3. The zero-order valence-electron chi connectivity index (χ0n) is 7.65. The molecule has 0 unspecified atom stereocenters. The molecule has 12 heavy (non-hydrogen) atoms. The molecular weight excluding hydrogens is 149 g/mol. The van der Waals surface area contributed by atoms with Gasteiger partial charge in [0, 0.05) is 19.8 Å². The first kappa shape index (κ1) is 8.78. The molecule has 0 saturated carbocycles. The molecule has 4 heteroatoms. The Kier molecular flexibility index (Phi) is 2.85. The average Bonchev–Trinajstić information content (AvgIpc) is 2.06. The van der Waals surface area contributed by atoms with Gasteiger partial charge in [0.25, 0.3) is 7.98 Å². The number of nitrogens with zero attached hydrogens (tertiary/aromatic N) is 3. The summed E-state index contributed by atoms with van der Waals surface area (Å²) < 4.78 is 0. The highest BCUT2D eigenvalue weighted by Crippen LogP contribution is 2.17. The summed E-state index contributed by atoms with van der Waals surface area (Å²) in [6.07, 6.45) is 0. The second-order valence-corrected chi connectivity index (χ2v) is 2.71. The summed E-state index contributed by atoms with van der Waals surface area (Å²) in [5.41, 5.74) is 2.06. The van der Waals surface area contributed by atoms with Gasteiger partial charge in [0.05, 0.1) is 5.69 Å². The van der Waals surface area contributed by atoms with Crippen LogP contribution in [0, 0.1) is 0 Å². The molecule has 0 N–H and O–H groups in total. The molecule has 0 aliphatic heterocycles. The largest absolute Gasteiger partial charge is 0.378 e. The molecule has 1 aromatic rings. The van der Waals surface area contributed by atoms with Crippen molar-refractivity contribution in [1.82, 2.24) is 0 Å². The van der Waals surface area contributed by atoms with Gasteiger partial charge in [-0.1, -0.05) is 0 Å². The Balaban J connectivity index is 2.85. The fourth-order valence-electron chi connectivity index (χ4n) is 0.933. The van der Waals surface area contributed by atoms with Gasteiger partial charge >= 0.3 is 0 Å². The predicted molar refractivity (Wildman–Crippen MR) is 53.8 cm³/mol. The van der Waals surface area contributed by atoms with E-state index in [1.165, 1.54) is 5.69 Å². The quantitative estimate of drug-likeness (QED) is 0.475. The third-order valence-electron chi connectivity index (χ3n) is 1.58. The molecule has 1 aromatic carbocycles. The van der Waals surface area contributed by atoms with E-state index in [4.69, 9.17) is 0 Å². The van der Waals surface area contributed by atoms with Gasteiger partial charge in [-0.2, -0.15) is 5.11 Å². The molecule has 3 nitrogen and oxygen atoms in total. The van der Waals surface area contributed by atoms with E-state index in [2.05, 4.69) is 10.1 Å². The molecule has 0 atom stereocenters. The molecule has 62 valence electrons.